The number of halogens is 2. The van der Waals surface area contributed by atoms with Gasteiger partial charge in [0.25, 0.3) is 0 Å². The Kier molecular flexibility index (Phi) is 10.8. The number of guanidine groups is 1. The lowest BCUT2D eigenvalue weighted by Gasteiger charge is -2.28. The van der Waals surface area contributed by atoms with Gasteiger partial charge >= 0.3 is 0 Å². The van der Waals surface area contributed by atoms with Gasteiger partial charge in [0.15, 0.2) is 5.96 Å². The largest absolute Gasteiger partial charge is 0.379 e. The number of nitrogens with one attached hydrogen (secondary N) is 2. The van der Waals surface area contributed by atoms with Crippen molar-refractivity contribution in [2.45, 2.75) is 26.3 Å². The van der Waals surface area contributed by atoms with E-state index in [2.05, 4.69) is 39.3 Å². The summed E-state index contributed by atoms with van der Waals surface area (Å²) in [6, 6.07) is 4.10. The first-order valence-corrected chi connectivity index (χ1v) is 10.7. The maximum atomic E-state index is 6.30. The highest BCUT2D eigenvalue weighted by Gasteiger charge is 2.25. The van der Waals surface area contributed by atoms with Crippen LogP contribution in [0.5, 0.6) is 0 Å². The number of rotatable bonds is 7. The van der Waals surface area contributed by atoms with Crippen LogP contribution in [0.3, 0.4) is 0 Å². The van der Waals surface area contributed by atoms with Crippen molar-refractivity contribution in [2.24, 2.45) is 10.9 Å². The summed E-state index contributed by atoms with van der Waals surface area (Å²) in [6.07, 6.45) is 2.84. The summed E-state index contributed by atoms with van der Waals surface area (Å²) >= 11 is 6.30. The normalized spacial score (nSPS) is 21.6. The summed E-state index contributed by atoms with van der Waals surface area (Å²) < 4.78 is 5.43. The van der Waals surface area contributed by atoms with Crippen molar-refractivity contribution in [1.29, 1.82) is 0 Å². The molecular formula is C20H34ClIN6O. The van der Waals surface area contributed by atoms with Crippen molar-refractivity contribution in [3.63, 3.8) is 0 Å². The van der Waals surface area contributed by atoms with Crippen LogP contribution < -0.4 is 15.5 Å². The van der Waals surface area contributed by atoms with Crippen molar-refractivity contribution in [3.8, 4) is 0 Å². The molecule has 7 nitrogen and oxygen atoms in total. The van der Waals surface area contributed by atoms with Gasteiger partial charge < -0.3 is 20.3 Å². The summed E-state index contributed by atoms with van der Waals surface area (Å²) in [5, 5.41) is 7.68. The van der Waals surface area contributed by atoms with Crippen molar-refractivity contribution < 1.29 is 4.74 Å². The van der Waals surface area contributed by atoms with E-state index in [-0.39, 0.29) is 24.0 Å². The molecule has 2 aliphatic rings. The molecule has 164 valence electrons. The van der Waals surface area contributed by atoms with E-state index >= 15 is 0 Å². The molecule has 1 aromatic rings. The standard InChI is InChI=1S/C20H33ClN6O.HI/c1-3-22-20(24-13-16(2)14-26-9-11-28-12-10-26)25-17-6-8-27(15-17)19-18(21)5-4-7-23-19;/h4-5,7,16-17H,3,6,8-15H2,1-2H3,(H2,22,24,25);1H. The third-order valence-corrected chi connectivity index (χ3v) is 5.44. The summed E-state index contributed by atoms with van der Waals surface area (Å²) in [6.45, 7) is 12.7. The molecule has 0 bridgehead atoms. The van der Waals surface area contributed by atoms with Crippen LogP contribution in [-0.4, -0.2) is 80.9 Å². The van der Waals surface area contributed by atoms with Crippen molar-refractivity contribution in [1.82, 2.24) is 20.5 Å². The number of hydrogen-bond donors (Lipinski definition) is 2. The number of morpholine rings is 1. The molecule has 0 aromatic carbocycles. The fraction of sp³-hybridized carbons (Fsp3) is 0.700. The minimum absolute atomic E-state index is 0. The van der Waals surface area contributed by atoms with Crippen LogP contribution in [-0.2, 0) is 4.74 Å². The minimum Gasteiger partial charge on any atom is -0.379 e. The van der Waals surface area contributed by atoms with E-state index in [0.717, 1.165) is 77.2 Å². The van der Waals surface area contributed by atoms with Gasteiger partial charge in [-0.1, -0.05) is 18.5 Å². The number of aliphatic imine (C=N–C) groups is 1. The quantitative estimate of drug-likeness (QED) is 0.317. The average molecular weight is 537 g/mol. The Morgan fingerprint density at radius 1 is 1.38 bits per heavy atom. The summed E-state index contributed by atoms with van der Waals surface area (Å²) in [5.41, 5.74) is 0. The van der Waals surface area contributed by atoms with Gasteiger partial charge in [0, 0.05) is 58.1 Å². The fourth-order valence-electron chi connectivity index (χ4n) is 3.72. The van der Waals surface area contributed by atoms with Crippen LogP contribution in [0.4, 0.5) is 5.82 Å². The zero-order chi connectivity index (χ0) is 19.8. The fourth-order valence-corrected chi connectivity index (χ4v) is 3.96. The van der Waals surface area contributed by atoms with Crippen LogP contribution in [0, 0.1) is 5.92 Å². The van der Waals surface area contributed by atoms with E-state index in [1.807, 2.05) is 12.1 Å². The number of aromatic nitrogens is 1. The lowest BCUT2D eigenvalue weighted by atomic mass is 10.1. The van der Waals surface area contributed by atoms with Crippen LogP contribution in [0.25, 0.3) is 0 Å². The Labute approximate surface area is 196 Å². The van der Waals surface area contributed by atoms with Crippen molar-refractivity contribution in [3.05, 3.63) is 23.4 Å². The topological polar surface area (TPSA) is 65.0 Å². The average Bonchev–Trinajstić information content (AvgIpc) is 3.16. The van der Waals surface area contributed by atoms with E-state index in [9.17, 15) is 0 Å². The lowest BCUT2D eigenvalue weighted by molar-refractivity contribution is 0.0323. The van der Waals surface area contributed by atoms with Gasteiger partial charge in [-0.15, -0.1) is 24.0 Å². The summed E-state index contributed by atoms with van der Waals surface area (Å²) in [7, 11) is 0. The van der Waals surface area contributed by atoms with Crippen LogP contribution in [0.15, 0.2) is 23.3 Å². The van der Waals surface area contributed by atoms with Crippen molar-refractivity contribution >= 4 is 47.4 Å². The molecule has 29 heavy (non-hydrogen) atoms. The monoisotopic (exact) mass is 536 g/mol. The predicted octanol–water partition coefficient (Wildman–Crippen LogP) is 2.46. The second-order valence-corrected chi connectivity index (χ2v) is 8.03. The number of anilines is 1. The van der Waals surface area contributed by atoms with Gasteiger partial charge in [0.05, 0.1) is 18.2 Å². The third kappa shape index (κ3) is 7.73. The molecule has 2 saturated heterocycles. The molecule has 2 fully saturated rings. The zero-order valence-electron chi connectivity index (χ0n) is 17.4. The maximum Gasteiger partial charge on any atom is 0.191 e. The molecule has 0 amide bonds. The first-order chi connectivity index (χ1) is 13.7. The van der Waals surface area contributed by atoms with E-state index in [1.54, 1.807) is 6.20 Å². The van der Waals surface area contributed by atoms with Gasteiger partial charge in [-0.3, -0.25) is 9.89 Å². The highest BCUT2D eigenvalue weighted by Crippen LogP contribution is 2.25. The summed E-state index contributed by atoms with van der Waals surface area (Å²) in [4.78, 5) is 14.0. The third-order valence-electron chi connectivity index (χ3n) is 5.15. The first kappa shape index (κ1) is 24.4. The Hall–Kier alpha value is -0.840. The number of nitrogens with zero attached hydrogens (tertiary/aromatic N) is 4. The van der Waals surface area contributed by atoms with E-state index in [1.165, 1.54) is 0 Å². The first-order valence-electron chi connectivity index (χ1n) is 10.4. The number of hydrogen-bond acceptors (Lipinski definition) is 5. The molecular weight excluding hydrogens is 503 g/mol. The molecule has 3 rings (SSSR count). The number of ether oxygens (including phenoxy) is 1. The molecule has 3 heterocycles. The SMILES string of the molecule is CCNC(=NCC(C)CN1CCOCC1)NC1CCN(c2ncccc2Cl)C1.I. The smallest absolute Gasteiger partial charge is 0.191 e. The highest BCUT2D eigenvalue weighted by atomic mass is 127. The van der Waals surface area contributed by atoms with Crippen molar-refractivity contribution in [2.75, 3.05) is 63.9 Å². The molecule has 2 N–H and O–H groups in total. The lowest BCUT2D eigenvalue weighted by Crippen LogP contribution is -2.45. The molecule has 2 unspecified atom stereocenters. The Morgan fingerprint density at radius 2 is 2.17 bits per heavy atom. The van der Waals surface area contributed by atoms with Gasteiger partial charge in [0.1, 0.15) is 5.82 Å². The van der Waals surface area contributed by atoms with Gasteiger partial charge in [-0.05, 0) is 31.4 Å². The van der Waals surface area contributed by atoms with Gasteiger partial charge in [-0.25, -0.2) is 4.98 Å². The highest BCUT2D eigenvalue weighted by molar-refractivity contribution is 14.0. The van der Waals surface area contributed by atoms with E-state index in [4.69, 9.17) is 21.3 Å². The molecule has 2 aliphatic heterocycles. The van der Waals surface area contributed by atoms with Crippen LogP contribution in [0.1, 0.15) is 20.3 Å². The molecule has 9 heteroatoms. The molecule has 0 radical (unpaired) electrons. The Bertz CT molecular complexity index is 643. The second-order valence-electron chi connectivity index (χ2n) is 7.62. The van der Waals surface area contributed by atoms with Gasteiger partial charge in [0.2, 0.25) is 0 Å². The number of pyridine rings is 1. The second kappa shape index (κ2) is 12.8. The van der Waals surface area contributed by atoms with Crippen LogP contribution >= 0.6 is 35.6 Å². The Morgan fingerprint density at radius 3 is 2.90 bits per heavy atom. The zero-order valence-corrected chi connectivity index (χ0v) is 20.5. The van der Waals surface area contributed by atoms with Gasteiger partial charge in [-0.2, -0.15) is 0 Å². The molecule has 0 saturated carbocycles. The minimum atomic E-state index is 0. The Balaban J connectivity index is 0.00000300. The van der Waals surface area contributed by atoms with E-state index < -0.39 is 0 Å². The molecule has 2 atom stereocenters. The van der Waals surface area contributed by atoms with Crippen LogP contribution in [0.2, 0.25) is 5.02 Å². The predicted molar refractivity (Wildman–Crippen MR) is 131 cm³/mol. The molecule has 0 spiro atoms. The molecule has 1 aromatic heterocycles. The van der Waals surface area contributed by atoms with E-state index in [0.29, 0.717) is 17.0 Å². The maximum absolute atomic E-state index is 6.30. The molecule has 0 aliphatic carbocycles. The summed E-state index contributed by atoms with van der Waals surface area (Å²) in [5.74, 6) is 2.28.